The van der Waals surface area contributed by atoms with Gasteiger partial charge in [-0.1, -0.05) is 19.9 Å². The number of benzene rings is 1. The Morgan fingerprint density at radius 1 is 1.27 bits per heavy atom. The van der Waals surface area contributed by atoms with Crippen LogP contribution in [0.1, 0.15) is 37.9 Å². The van der Waals surface area contributed by atoms with Crippen LogP contribution in [0.25, 0.3) is 0 Å². The van der Waals surface area contributed by atoms with Crippen LogP contribution in [0.5, 0.6) is 0 Å². The van der Waals surface area contributed by atoms with Crippen molar-refractivity contribution in [2.45, 2.75) is 39.0 Å². The third-order valence-electron chi connectivity index (χ3n) is 4.07. The summed E-state index contributed by atoms with van der Waals surface area (Å²) < 4.78 is 51.9. The smallest absolute Gasteiger partial charge is 0.312 e. The lowest BCUT2D eigenvalue weighted by molar-refractivity contribution is -0.140. The van der Waals surface area contributed by atoms with Crippen molar-refractivity contribution < 1.29 is 17.6 Å². The summed E-state index contributed by atoms with van der Waals surface area (Å²) in [5, 5.41) is 3.33. The number of hydrogen-bond donors (Lipinski definition) is 1. The molecule has 0 bridgehead atoms. The SMILES string of the molecule is CC1CN(C(c2ccc(C(F)(F)F)c(F)c2)C(C)C)CCN1. The molecule has 0 spiro atoms. The van der Waals surface area contributed by atoms with Crippen molar-refractivity contribution in [2.24, 2.45) is 5.92 Å². The molecular weight excluding hydrogens is 296 g/mol. The molecule has 0 radical (unpaired) electrons. The van der Waals surface area contributed by atoms with Crippen molar-refractivity contribution in [1.82, 2.24) is 10.2 Å². The molecule has 1 heterocycles. The topological polar surface area (TPSA) is 15.3 Å². The van der Waals surface area contributed by atoms with Gasteiger partial charge in [0.1, 0.15) is 5.82 Å². The average molecular weight is 318 g/mol. The molecule has 2 atom stereocenters. The van der Waals surface area contributed by atoms with Gasteiger partial charge in [0, 0.05) is 31.7 Å². The molecule has 2 nitrogen and oxygen atoms in total. The van der Waals surface area contributed by atoms with Crippen LogP contribution in [-0.2, 0) is 6.18 Å². The van der Waals surface area contributed by atoms with Gasteiger partial charge in [-0.25, -0.2) is 4.39 Å². The van der Waals surface area contributed by atoms with Crippen LogP contribution in [-0.4, -0.2) is 30.6 Å². The van der Waals surface area contributed by atoms with E-state index in [0.717, 1.165) is 31.8 Å². The summed E-state index contributed by atoms with van der Waals surface area (Å²) in [6.07, 6.45) is -4.65. The van der Waals surface area contributed by atoms with Gasteiger partial charge in [-0.05, 0) is 30.5 Å². The van der Waals surface area contributed by atoms with E-state index in [2.05, 4.69) is 17.1 Å². The largest absolute Gasteiger partial charge is 0.419 e. The van der Waals surface area contributed by atoms with Gasteiger partial charge in [0.05, 0.1) is 5.56 Å². The number of halogens is 4. The summed E-state index contributed by atoms with van der Waals surface area (Å²) in [4.78, 5) is 2.22. The molecule has 0 aromatic heterocycles. The summed E-state index contributed by atoms with van der Waals surface area (Å²) >= 11 is 0. The first kappa shape index (κ1) is 17.2. The maximum Gasteiger partial charge on any atom is 0.419 e. The first-order chi connectivity index (χ1) is 10.2. The molecule has 1 N–H and O–H groups in total. The Kier molecular flexibility index (Phi) is 5.12. The second-order valence-electron chi connectivity index (χ2n) is 6.28. The van der Waals surface area contributed by atoms with Crippen LogP contribution in [0, 0.1) is 11.7 Å². The van der Waals surface area contributed by atoms with E-state index in [1.165, 1.54) is 6.07 Å². The molecule has 0 aliphatic carbocycles. The first-order valence-corrected chi connectivity index (χ1v) is 7.54. The molecule has 1 fully saturated rings. The predicted octanol–water partition coefficient (Wildman–Crippen LogP) is 3.84. The highest BCUT2D eigenvalue weighted by Crippen LogP contribution is 2.35. The minimum Gasteiger partial charge on any atom is -0.312 e. The fourth-order valence-corrected chi connectivity index (χ4v) is 3.18. The maximum absolute atomic E-state index is 13.9. The average Bonchev–Trinajstić information content (AvgIpc) is 2.37. The van der Waals surface area contributed by atoms with E-state index >= 15 is 0 Å². The lowest BCUT2D eigenvalue weighted by atomic mass is 9.92. The molecule has 1 aromatic rings. The number of nitrogens with one attached hydrogen (secondary N) is 1. The Bertz CT molecular complexity index is 513. The fourth-order valence-electron chi connectivity index (χ4n) is 3.18. The molecule has 124 valence electrons. The zero-order chi connectivity index (χ0) is 16.5. The van der Waals surface area contributed by atoms with Gasteiger partial charge in [-0.15, -0.1) is 0 Å². The number of hydrogen-bond acceptors (Lipinski definition) is 2. The fraction of sp³-hybridized carbons (Fsp3) is 0.625. The lowest BCUT2D eigenvalue weighted by Crippen LogP contribution is -2.51. The number of piperazine rings is 1. The molecular formula is C16H22F4N2. The number of nitrogens with zero attached hydrogens (tertiary/aromatic N) is 1. The Hall–Kier alpha value is -1.14. The highest BCUT2D eigenvalue weighted by atomic mass is 19.4. The Labute approximate surface area is 128 Å². The zero-order valence-corrected chi connectivity index (χ0v) is 13.0. The normalized spacial score (nSPS) is 22.1. The van der Waals surface area contributed by atoms with Crippen LogP contribution in [0.4, 0.5) is 17.6 Å². The molecule has 2 rings (SSSR count). The van der Waals surface area contributed by atoms with Crippen molar-refractivity contribution in [1.29, 1.82) is 0 Å². The maximum atomic E-state index is 13.9. The third kappa shape index (κ3) is 3.79. The standard InChI is InChI=1S/C16H22F4N2/c1-10(2)15(22-7-6-21-11(3)9-22)12-4-5-13(14(17)8-12)16(18,19)20/h4-5,8,10-11,15,21H,6-7,9H2,1-3H3. The van der Waals surface area contributed by atoms with Crippen molar-refractivity contribution in [3.05, 3.63) is 35.1 Å². The monoisotopic (exact) mass is 318 g/mol. The highest BCUT2D eigenvalue weighted by molar-refractivity contribution is 5.29. The summed E-state index contributed by atoms with van der Waals surface area (Å²) in [6, 6.07) is 3.53. The summed E-state index contributed by atoms with van der Waals surface area (Å²) in [5.41, 5.74) is -0.595. The molecule has 0 saturated carbocycles. The van der Waals surface area contributed by atoms with E-state index in [4.69, 9.17) is 0 Å². The molecule has 2 unspecified atom stereocenters. The molecule has 1 aliphatic rings. The summed E-state index contributed by atoms with van der Waals surface area (Å²) in [6.45, 7) is 8.51. The molecule has 1 aliphatic heterocycles. The van der Waals surface area contributed by atoms with Crippen LogP contribution in [0.3, 0.4) is 0 Å². The quantitative estimate of drug-likeness (QED) is 0.852. The van der Waals surface area contributed by atoms with Crippen LogP contribution in [0.15, 0.2) is 18.2 Å². The van der Waals surface area contributed by atoms with E-state index in [9.17, 15) is 17.6 Å². The van der Waals surface area contributed by atoms with Crippen molar-refractivity contribution >= 4 is 0 Å². The van der Waals surface area contributed by atoms with E-state index in [1.54, 1.807) is 0 Å². The van der Waals surface area contributed by atoms with Gasteiger partial charge in [0.25, 0.3) is 0 Å². The van der Waals surface area contributed by atoms with Gasteiger partial charge < -0.3 is 5.32 Å². The minimum atomic E-state index is -4.65. The predicted molar refractivity (Wildman–Crippen MR) is 78.0 cm³/mol. The van der Waals surface area contributed by atoms with Gasteiger partial charge in [-0.3, -0.25) is 4.90 Å². The van der Waals surface area contributed by atoms with Crippen LogP contribution < -0.4 is 5.32 Å². The summed E-state index contributed by atoms with van der Waals surface area (Å²) in [7, 11) is 0. The molecule has 1 aromatic carbocycles. The molecule has 22 heavy (non-hydrogen) atoms. The van der Waals surface area contributed by atoms with Crippen LogP contribution >= 0.6 is 0 Å². The van der Waals surface area contributed by atoms with Crippen molar-refractivity contribution in [3.63, 3.8) is 0 Å². The molecule has 1 saturated heterocycles. The van der Waals surface area contributed by atoms with Gasteiger partial charge in [0.15, 0.2) is 0 Å². The Morgan fingerprint density at radius 3 is 2.45 bits per heavy atom. The Morgan fingerprint density at radius 2 is 1.95 bits per heavy atom. The van der Waals surface area contributed by atoms with Gasteiger partial charge >= 0.3 is 6.18 Å². The van der Waals surface area contributed by atoms with Crippen molar-refractivity contribution in [3.8, 4) is 0 Å². The van der Waals surface area contributed by atoms with Gasteiger partial charge in [-0.2, -0.15) is 13.2 Å². The van der Waals surface area contributed by atoms with E-state index in [-0.39, 0.29) is 12.0 Å². The molecule has 0 amide bonds. The second-order valence-corrected chi connectivity index (χ2v) is 6.28. The van der Waals surface area contributed by atoms with Crippen LogP contribution in [0.2, 0.25) is 0 Å². The van der Waals surface area contributed by atoms with Gasteiger partial charge in [0.2, 0.25) is 0 Å². The highest BCUT2D eigenvalue weighted by Gasteiger charge is 2.35. The lowest BCUT2D eigenvalue weighted by Gasteiger charge is -2.40. The molecule has 6 heteroatoms. The van der Waals surface area contributed by atoms with Crippen molar-refractivity contribution in [2.75, 3.05) is 19.6 Å². The summed E-state index contributed by atoms with van der Waals surface area (Å²) in [5.74, 6) is -1.01. The van der Waals surface area contributed by atoms with E-state index < -0.39 is 17.6 Å². The van der Waals surface area contributed by atoms with E-state index in [1.807, 2.05) is 13.8 Å². The first-order valence-electron chi connectivity index (χ1n) is 7.54. The second kappa shape index (κ2) is 6.54. The van der Waals surface area contributed by atoms with E-state index in [0.29, 0.717) is 11.6 Å². The zero-order valence-electron chi connectivity index (χ0n) is 13.0. The number of rotatable bonds is 3. The minimum absolute atomic E-state index is 0.0821. The third-order valence-corrected chi connectivity index (χ3v) is 4.07. The number of alkyl halides is 3. The Balaban J connectivity index is 2.31.